The number of aliphatic carboxylic acids is 1. The summed E-state index contributed by atoms with van der Waals surface area (Å²) in [5.41, 5.74) is 0.801. The number of benzene rings is 1. The Kier molecular flexibility index (Phi) is 2.07. The average molecular weight is 208 g/mol. The number of fused-ring (bicyclic) bond motifs is 1. The molecule has 2 nitrogen and oxygen atoms in total. The zero-order valence-electron chi connectivity index (χ0n) is 8.80. The van der Waals surface area contributed by atoms with E-state index in [1.165, 1.54) is 0 Å². The average Bonchev–Trinajstić information content (AvgIpc) is 2.53. The van der Waals surface area contributed by atoms with Gasteiger partial charge in [0.25, 0.3) is 0 Å². The van der Waals surface area contributed by atoms with Gasteiger partial charge < -0.3 is 5.11 Å². The number of carboxylic acid groups (broad SMARTS) is 1. The van der Waals surface area contributed by atoms with Crippen molar-refractivity contribution in [3.05, 3.63) is 34.4 Å². The van der Waals surface area contributed by atoms with E-state index in [-0.39, 0.29) is 6.42 Å². The molecule has 0 aliphatic heterocycles. The normalized spacial score (nSPS) is 23.9. The molecule has 1 aromatic rings. The van der Waals surface area contributed by atoms with Crippen molar-refractivity contribution in [3.8, 4) is 0 Å². The second-order valence-corrected chi connectivity index (χ2v) is 4.16. The predicted molar refractivity (Wildman–Crippen MR) is 54.7 cm³/mol. The smallest absolute Gasteiger partial charge is 0.346 e. The third-order valence-electron chi connectivity index (χ3n) is 3.21. The molecule has 0 radical (unpaired) electrons. The minimum absolute atomic E-state index is 0.0589. The molecule has 2 rings (SSSR count). The molecule has 1 aliphatic rings. The zero-order valence-corrected chi connectivity index (χ0v) is 8.80. The van der Waals surface area contributed by atoms with E-state index in [1.807, 2.05) is 13.0 Å². The van der Waals surface area contributed by atoms with E-state index in [0.717, 1.165) is 16.7 Å². The van der Waals surface area contributed by atoms with Gasteiger partial charge in [0.05, 0.1) is 0 Å². The van der Waals surface area contributed by atoms with Crippen LogP contribution in [-0.4, -0.2) is 11.1 Å². The van der Waals surface area contributed by atoms with E-state index >= 15 is 0 Å². The number of halogens is 1. The highest BCUT2D eigenvalue weighted by molar-refractivity contribution is 5.82. The molecule has 0 spiro atoms. The second kappa shape index (κ2) is 3.05. The van der Waals surface area contributed by atoms with Crippen LogP contribution < -0.4 is 0 Å². The largest absolute Gasteiger partial charge is 0.479 e. The number of alkyl halides is 1. The lowest BCUT2D eigenvalue weighted by Crippen LogP contribution is -2.28. The SMILES string of the molecule is Cc1ccc(C)c2c1CCC2(F)C(=O)O. The van der Waals surface area contributed by atoms with E-state index < -0.39 is 11.6 Å². The van der Waals surface area contributed by atoms with Crippen LogP contribution >= 0.6 is 0 Å². The highest BCUT2D eigenvalue weighted by atomic mass is 19.1. The minimum atomic E-state index is -2.18. The molecular formula is C12H13FO2. The first-order valence-electron chi connectivity index (χ1n) is 4.98. The Labute approximate surface area is 87.7 Å². The molecule has 15 heavy (non-hydrogen) atoms. The van der Waals surface area contributed by atoms with Crippen molar-refractivity contribution in [3.63, 3.8) is 0 Å². The lowest BCUT2D eigenvalue weighted by Gasteiger charge is -2.18. The van der Waals surface area contributed by atoms with Crippen LogP contribution in [-0.2, 0) is 16.9 Å². The Morgan fingerprint density at radius 2 is 2.00 bits per heavy atom. The van der Waals surface area contributed by atoms with Crippen molar-refractivity contribution in [2.75, 3.05) is 0 Å². The summed E-state index contributed by atoms with van der Waals surface area (Å²) in [6.07, 6.45) is 0.578. The predicted octanol–water partition coefficient (Wildman–Crippen LogP) is 2.50. The van der Waals surface area contributed by atoms with Gasteiger partial charge in [0.2, 0.25) is 5.67 Å². The molecular weight excluding hydrogens is 195 g/mol. The van der Waals surface area contributed by atoms with Crippen LogP contribution in [0.25, 0.3) is 0 Å². The molecule has 3 heteroatoms. The monoisotopic (exact) mass is 208 g/mol. The van der Waals surface area contributed by atoms with Gasteiger partial charge in [-0.15, -0.1) is 0 Å². The first-order valence-corrected chi connectivity index (χ1v) is 4.98. The summed E-state index contributed by atoms with van der Waals surface area (Å²) in [5.74, 6) is -1.37. The maximum atomic E-state index is 14.3. The van der Waals surface area contributed by atoms with Crippen LogP contribution in [0.5, 0.6) is 0 Å². The molecule has 0 heterocycles. The van der Waals surface area contributed by atoms with Crippen molar-refractivity contribution < 1.29 is 14.3 Å². The topological polar surface area (TPSA) is 37.3 Å². The van der Waals surface area contributed by atoms with Crippen LogP contribution in [0.15, 0.2) is 12.1 Å². The summed E-state index contributed by atoms with van der Waals surface area (Å²) in [5, 5.41) is 8.96. The molecule has 0 aromatic heterocycles. The van der Waals surface area contributed by atoms with Gasteiger partial charge >= 0.3 is 5.97 Å². The number of rotatable bonds is 1. The molecule has 1 aromatic carbocycles. The second-order valence-electron chi connectivity index (χ2n) is 4.16. The van der Waals surface area contributed by atoms with Gasteiger partial charge in [-0.3, -0.25) is 0 Å². The van der Waals surface area contributed by atoms with Crippen LogP contribution in [0.1, 0.15) is 28.7 Å². The molecule has 0 saturated carbocycles. The van der Waals surface area contributed by atoms with Gasteiger partial charge in [0, 0.05) is 12.0 Å². The Morgan fingerprint density at radius 3 is 2.60 bits per heavy atom. The number of aryl methyl sites for hydroxylation is 2. The van der Waals surface area contributed by atoms with Crippen molar-refractivity contribution in [2.45, 2.75) is 32.4 Å². The molecule has 1 N–H and O–H groups in total. The summed E-state index contributed by atoms with van der Waals surface area (Å²) in [6, 6.07) is 3.71. The standard InChI is InChI=1S/C12H13FO2/c1-7-3-4-8(2)10-9(7)5-6-12(10,13)11(14)15/h3-4H,5-6H2,1-2H3,(H,14,15). The maximum absolute atomic E-state index is 14.3. The number of hydrogen-bond donors (Lipinski definition) is 1. The third-order valence-corrected chi connectivity index (χ3v) is 3.21. The van der Waals surface area contributed by atoms with Gasteiger partial charge in [0.15, 0.2) is 0 Å². The molecule has 0 saturated heterocycles. The molecule has 0 amide bonds. The summed E-state index contributed by atoms with van der Waals surface area (Å²) < 4.78 is 14.3. The number of carbonyl (C=O) groups is 1. The Morgan fingerprint density at radius 1 is 1.40 bits per heavy atom. The van der Waals surface area contributed by atoms with E-state index in [2.05, 4.69) is 0 Å². The fourth-order valence-corrected chi connectivity index (χ4v) is 2.38. The van der Waals surface area contributed by atoms with Gasteiger partial charge in [0.1, 0.15) is 0 Å². The van der Waals surface area contributed by atoms with Crippen molar-refractivity contribution in [2.24, 2.45) is 0 Å². The summed E-state index contributed by atoms with van der Waals surface area (Å²) in [4.78, 5) is 11.0. The molecule has 1 unspecified atom stereocenters. The van der Waals surface area contributed by atoms with Crippen LogP contribution in [0.4, 0.5) is 4.39 Å². The fraction of sp³-hybridized carbons (Fsp3) is 0.417. The van der Waals surface area contributed by atoms with Crippen molar-refractivity contribution in [1.82, 2.24) is 0 Å². The molecule has 1 atom stereocenters. The summed E-state index contributed by atoms with van der Waals surface area (Å²) in [7, 11) is 0. The molecule has 1 aliphatic carbocycles. The lowest BCUT2D eigenvalue weighted by atomic mass is 9.92. The Bertz CT molecular complexity index is 439. The highest BCUT2D eigenvalue weighted by Crippen LogP contribution is 2.43. The minimum Gasteiger partial charge on any atom is -0.479 e. The van der Waals surface area contributed by atoms with Crippen LogP contribution in [0, 0.1) is 13.8 Å². The molecule has 80 valence electrons. The third kappa shape index (κ3) is 1.26. The van der Waals surface area contributed by atoms with Crippen molar-refractivity contribution in [1.29, 1.82) is 0 Å². The number of carboxylic acids is 1. The van der Waals surface area contributed by atoms with Gasteiger partial charge in [-0.05, 0) is 37.0 Å². The van der Waals surface area contributed by atoms with E-state index in [9.17, 15) is 9.18 Å². The quantitative estimate of drug-likeness (QED) is 0.769. The summed E-state index contributed by atoms with van der Waals surface area (Å²) >= 11 is 0. The van der Waals surface area contributed by atoms with E-state index in [1.54, 1.807) is 13.0 Å². The lowest BCUT2D eigenvalue weighted by molar-refractivity contribution is -0.151. The van der Waals surface area contributed by atoms with Crippen molar-refractivity contribution >= 4 is 5.97 Å². The molecule has 0 fully saturated rings. The summed E-state index contributed by atoms with van der Waals surface area (Å²) in [6.45, 7) is 3.66. The first kappa shape index (κ1) is 10.1. The van der Waals surface area contributed by atoms with E-state index in [0.29, 0.717) is 12.0 Å². The van der Waals surface area contributed by atoms with Gasteiger partial charge in [-0.2, -0.15) is 0 Å². The fourth-order valence-electron chi connectivity index (χ4n) is 2.38. The van der Waals surface area contributed by atoms with E-state index in [4.69, 9.17) is 5.11 Å². The highest BCUT2D eigenvalue weighted by Gasteiger charge is 2.47. The maximum Gasteiger partial charge on any atom is 0.346 e. The Balaban J connectivity index is 2.69. The van der Waals surface area contributed by atoms with Crippen LogP contribution in [0.3, 0.4) is 0 Å². The van der Waals surface area contributed by atoms with Crippen LogP contribution in [0.2, 0.25) is 0 Å². The Hall–Kier alpha value is -1.38. The van der Waals surface area contributed by atoms with Gasteiger partial charge in [-0.1, -0.05) is 12.1 Å². The first-order chi connectivity index (χ1) is 6.97. The van der Waals surface area contributed by atoms with Gasteiger partial charge in [-0.25, -0.2) is 9.18 Å². The number of hydrogen-bond acceptors (Lipinski definition) is 1. The molecule has 0 bridgehead atoms. The zero-order chi connectivity index (χ0) is 11.2.